The summed E-state index contributed by atoms with van der Waals surface area (Å²) < 4.78 is 0. The Morgan fingerprint density at radius 2 is 1.69 bits per heavy atom. The predicted octanol–water partition coefficient (Wildman–Crippen LogP) is 4.32. The van der Waals surface area contributed by atoms with Crippen molar-refractivity contribution in [1.29, 1.82) is 0 Å². The molecule has 1 fully saturated rings. The minimum atomic E-state index is -0.00109. The van der Waals surface area contributed by atoms with Gasteiger partial charge in [0.05, 0.1) is 6.04 Å². The minimum Gasteiger partial charge on any atom is -0.378 e. The van der Waals surface area contributed by atoms with E-state index in [4.69, 9.17) is 0 Å². The highest BCUT2D eigenvalue weighted by Gasteiger charge is 2.47. The van der Waals surface area contributed by atoms with E-state index in [0.29, 0.717) is 11.5 Å². The smallest absolute Gasteiger partial charge is 0.253 e. The topological polar surface area (TPSA) is 52.7 Å². The Balaban J connectivity index is 1.66. The molecule has 29 heavy (non-hydrogen) atoms. The number of fused-ring (bicyclic) bond motifs is 1. The van der Waals surface area contributed by atoms with Crippen LogP contribution in [-0.2, 0) is 4.79 Å². The summed E-state index contributed by atoms with van der Waals surface area (Å²) >= 11 is 0. The highest BCUT2D eigenvalue weighted by atomic mass is 16.2. The molecule has 0 spiro atoms. The van der Waals surface area contributed by atoms with Crippen LogP contribution in [0.4, 0.5) is 11.4 Å². The van der Waals surface area contributed by atoms with E-state index in [-0.39, 0.29) is 29.8 Å². The molecule has 0 saturated heterocycles. The number of nitrogens with zero attached hydrogens (tertiary/aromatic N) is 2. The standard InChI is InChI=1S/C24H29N3O2/c1-15-22(25-19-13-11-18(12-14-19)24(29)26(3)4)20-7-5-6-8-21(20)27(16(2)28)23(15)17-9-10-17/h5-8,11-15,17,22-23,25H,9-10H2,1-4H3/t15-,22?,23?/m1/s1. The number of nitrogens with one attached hydrogen (secondary N) is 1. The number of hydrogen-bond acceptors (Lipinski definition) is 3. The van der Waals surface area contributed by atoms with E-state index in [1.54, 1.807) is 25.9 Å². The van der Waals surface area contributed by atoms with Crippen molar-refractivity contribution in [1.82, 2.24) is 4.90 Å². The van der Waals surface area contributed by atoms with Crippen molar-refractivity contribution in [2.24, 2.45) is 11.8 Å². The summed E-state index contributed by atoms with van der Waals surface area (Å²) in [6.07, 6.45) is 2.38. The van der Waals surface area contributed by atoms with Crippen LogP contribution in [0.3, 0.4) is 0 Å². The summed E-state index contributed by atoms with van der Waals surface area (Å²) in [6.45, 7) is 3.92. The fraction of sp³-hybridized carbons (Fsp3) is 0.417. The van der Waals surface area contributed by atoms with Gasteiger partial charge in [0.2, 0.25) is 5.91 Å². The fourth-order valence-corrected chi connectivity index (χ4v) is 4.66. The quantitative estimate of drug-likeness (QED) is 0.844. The van der Waals surface area contributed by atoms with E-state index >= 15 is 0 Å². The second-order valence-electron chi connectivity index (χ2n) is 8.53. The zero-order valence-electron chi connectivity index (χ0n) is 17.6. The number of anilines is 2. The first-order valence-electron chi connectivity index (χ1n) is 10.4. The van der Waals surface area contributed by atoms with E-state index < -0.39 is 0 Å². The average molecular weight is 392 g/mol. The van der Waals surface area contributed by atoms with Crippen LogP contribution in [-0.4, -0.2) is 36.9 Å². The molecule has 3 atom stereocenters. The largest absolute Gasteiger partial charge is 0.378 e. The molecule has 2 unspecified atom stereocenters. The molecule has 0 bridgehead atoms. The van der Waals surface area contributed by atoms with Gasteiger partial charge in [-0.05, 0) is 54.7 Å². The first-order chi connectivity index (χ1) is 13.9. The SMILES string of the molecule is CC(=O)N1c2ccccc2C(Nc2ccc(C(=O)N(C)C)cc2)[C@@H](C)C1C1CC1. The molecule has 152 valence electrons. The van der Waals surface area contributed by atoms with E-state index in [1.165, 1.54) is 12.8 Å². The molecule has 1 heterocycles. The van der Waals surface area contributed by atoms with Gasteiger partial charge in [0.15, 0.2) is 0 Å². The molecular formula is C24H29N3O2. The van der Waals surface area contributed by atoms with Crippen LogP contribution >= 0.6 is 0 Å². The number of para-hydroxylation sites is 1. The highest BCUT2D eigenvalue weighted by Crippen LogP contribution is 2.49. The zero-order valence-corrected chi connectivity index (χ0v) is 17.6. The van der Waals surface area contributed by atoms with Gasteiger partial charge in [-0.2, -0.15) is 0 Å². The van der Waals surface area contributed by atoms with Crippen LogP contribution in [0.5, 0.6) is 0 Å². The molecule has 5 heteroatoms. The second-order valence-corrected chi connectivity index (χ2v) is 8.53. The maximum Gasteiger partial charge on any atom is 0.253 e. The van der Waals surface area contributed by atoms with E-state index in [2.05, 4.69) is 24.4 Å². The van der Waals surface area contributed by atoms with Crippen molar-refractivity contribution in [3.63, 3.8) is 0 Å². The molecule has 1 aliphatic carbocycles. The van der Waals surface area contributed by atoms with E-state index in [9.17, 15) is 9.59 Å². The summed E-state index contributed by atoms with van der Waals surface area (Å²) in [4.78, 5) is 28.3. The fourth-order valence-electron chi connectivity index (χ4n) is 4.66. The number of amides is 2. The number of rotatable bonds is 4. The van der Waals surface area contributed by atoms with Crippen molar-refractivity contribution in [3.05, 3.63) is 59.7 Å². The molecule has 1 N–H and O–H groups in total. The Bertz CT molecular complexity index is 918. The lowest BCUT2D eigenvalue weighted by Gasteiger charge is -2.46. The molecule has 4 rings (SSSR count). The van der Waals surface area contributed by atoms with Crippen LogP contribution in [0.15, 0.2) is 48.5 Å². The summed E-state index contributed by atoms with van der Waals surface area (Å²) in [7, 11) is 3.52. The first kappa shape index (κ1) is 19.5. The average Bonchev–Trinajstić information content (AvgIpc) is 3.54. The lowest BCUT2D eigenvalue weighted by molar-refractivity contribution is -0.117. The molecule has 0 radical (unpaired) electrons. The molecule has 2 aliphatic rings. The van der Waals surface area contributed by atoms with Gasteiger partial charge in [0, 0.05) is 49.9 Å². The normalized spacial score (nSPS) is 23.3. The number of carbonyl (C=O) groups is 2. The molecule has 1 saturated carbocycles. The number of hydrogen-bond donors (Lipinski definition) is 1. The van der Waals surface area contributed by atoms with Crippen molar-refractivity contribution < 1.29 is 9.59 Å². The Morgan fingerprint density at radius 1 is 1.03 bits per heavy atom. The van der Waals surface area contributed by atoms with Crippen LogP contribution in [0.25, 0.3) is 0 Å². The monoisotopic (exact) mass is 391 g/mol. The Morgan fingerprint density at radius 3 is 2.28 bits per heavy atom. The molecule has 2 amide bonds. The molecule has 5 nitrogen and oxygen atoms in total. The van der Waals surface area contributed by atoms with E-state index in [0.717, 1.165) is 16.9 Å². The third-order valence-corrected chi connectivity index (χ3v) is 6.20. The number of carbonyl (C=O) groups excluding carboxylic acids is 2. The maximum absolute atomic E-state index is 12.5. The van der Waals surface area contributed by atoms with Gasteiger partial charge < -0.3 is 15.1 Å². The van der Waals surface area contributed by atoms with Gasteiger partial charge in [-0.15, -0.1) is 0 Å². The lowest BCUT2D eigenvalue weighted by atomic mass is 9.80. The molecule has 2 aromatic rings. The summed E-state index contributed by atoms with van der Waals surface area (Å²) in [5.41, 5.74) is 3.83. The number of benzene rings is 2. The Labute approximate surface area is 172 Å². The van der Waals surface area contributed by atoms with Crippen molar-refractivity contribution >= 4 is 23.2 Å². The van der Waals surface area contributed by atoms with Gasteiger partial charge in [-0.25, -0.2) is 0 Å². The molecule has 2 aromatic carbocycles. The van der Waals surface area contributed by atoms with E-state index in [1.807, 2.05) is 41.3 Å². The van der Waals surface area contributed by atoms with Gasteiger partial charge in [0.1, 0.15) is 0 Å². The lowest BCUT2D eigenvalue weighted by Crippen LogP contribution is -2.51. The Kier molecular flexibility index (Phi) is 5.07. The van der Waals surface area contributed by atoms with Gasteiger partial charge in [-0.3, -0.25) is 9.59 Å². The van der Waals surface area contributed by atoms with Crippen molar-refractivity contribution in [2.45, 2.75) is 38.8 Å². The summed E-state index contributed by atoms with van der Waals surface area (Å²) in [5, 5.41) is 3.69. The second kappa shape index (κ2) is 7.54. The van der Waals surface area contributed by atoms with Crippen LogP contribution in [0.2, 0.25) is 0 Å². The first-order valence-corrected chi connectivity index (χ1v) is 10.4. The zero-order chi connectivity index (χ0) is 20.7. The Hall–Kier alpha value is -2.82. The summed E-state index contributed by atoms with van der Waals surface area (Å²) in [6, 6.07) is 16.2. The molecule has 1 aliphatic heterocycles. The third kappa shape index (κ3) is 3.61. The van der Waals surface area contributed by atoms with Gasteiger partial charge >= 0.3 is 0 Å². The van der Waals surface area contributed by atoms with Crippen molar-refractivity contribution in [3.8, 4) is 0 Å². The van der Waals surface area contributed by atoms with Crippen LogP contribution < -0.4 is 10.2 Å². The van der Waals surface area contributed by atoms with Crippen molar-refractivity contribution in [2.75, 3.05) is 24.3 Å². The predicted molar refractivity (Wildman–Crippen MR) is 116 cm³/mol. The molecule has 0 aromatic heterocycles. The third-order valence-electron chi connectivity index (χ3n) is 6.20. The highest BCUT2D eigenvalue weighted by molar-refractivity contribution is 5.95. The maximum atomic E-state index is 12.5. The molecular weight excluding hydrogens is 362 g/mol. The minimum absolute atomic E-state index is 0.00109. The van der Waals surface area contributed by atoms with Gasteiger partial charge in [0.25, 0.3) is 5.91 Å². The summed E-state index contributed by atoms with van der Waals surface area (Å²) in [5.74, 6) is 0.973. The van der Waals surface area contributed by atoms with Crippen LogP contribution in [0.1, 0.15) is 48.7 Å². The van der Waals surface area contributed by atoms with Crippen LogP contribution in [0, 0.1) is 11.8 Å². The van der Waals surface area contributed by atoms with Gasteiger partial charge in [-0.1, -0.05) is 25.1 Å².